The summed E-state index contributed by atoms with van der Waals surface area (Å²) < 4.78 is 16.2. The SMILES string of the molecule is COc1cc(OC)c2c(c1)OCC2=NCC(C)C.Cl. The molecule has 0 bridgehead atoms. The van der Waals surface area contributed by atoms with E-state index in [0.717, 1.165) is 35.1 Å². The molecule has 4 nitrogen and oxygen atoms in total. The monoisotopic (exact) mass is 285 g/mol. The second-order valence-corrected chi connectivity index (χ2v) is 4.67. The molecule has 2 rings (SSSR count). The Balaban J connectivity index is 0.00000180. The molecule has 1 aliphatic rings. The van der Waals surface area contributed by atoms with Crippen LogP contribution in [-0.2, 0) is 0 Å². The van der Waals surface area contributed by atoms with Crippen molar-refractivity contribution in [2.45, 2.75) is 13.8 Å². The van der Waals surface area contributed by atoms with Crippen molar-refractivity contribution in [3.63, 3.8) is 0 Å². The summed E-state index contributed by atoms with van der Waals surface area (Å²) in [7, 11) is 3.28. The van der Waals surface area contributed by atoms with Crippen LogP contribution in [0.4, 0.5) is 0 Å². The minimum atomic E-state index is 0. The highest BCUT2D eigenvalue weighted by Crippen LogP contribution is 2.38. The number of ether oxygens (including phenoxy) is 3. The molecule has 0 atom stereocenters. The normalized spacial score (nSPS) is 14.9. The highest BCUT2D eigenvalue weighted by Gasteiger charge is 2.25. The predicted octanol–water partition coefficient (Wildman–Crippen LogP) is 2.96. The van der Waals surface area contributed by atoms with Crippen LogP contribution in [0.5, 0.6) is 17.2 Å². The first-order chi connectivity index (χ1) is 8.65. The van der Waals surface area contributed by atoms with Crippen LogP contribution < -0.4 is 14.2 Å². The van der Waals surface area contributed by atoms with Crippen molar-refractivity contribution in [3.8, 4) is 17.2 Å². The number of aliphatic imine (C=N–C) groups is 1. The number of methoxy groups -OCH3 is 2. The van der Waals surface area contributed by atoms with E-state index in [2.05, 4.69) is 18.8 Å². The van der Waals surface area contributed by atoms with Crippen molar-refractivity contribution in [2.75, 3.05) is 27.4 Å². The molecule has 1 heterocycles. The zero-order chi connectivity index (χ0) is 13.1. The predicted molar refractivity (Wildman–Crippen MR) is 78.5 cm³/mol. The summed E-state index contributed by atoms with van der Waals surface area (Å²) in [6.45, 7) is 5.59. The lowest BCUT2D eigenvalue weighted by Gasteiger charge is -2.09. The second-order valence-electron chi connectivity index (χ2n) is 4.67. The highest BCUT2D eigenvalue weighted by atomic mass is 35.5. The first-order valence-corrected chi connectivity index (χ1v) is 6.08. The first-order valence-electron chi connectivity index (χ1n) is 6.08. The highest BCUT2D eigenvalue weighted by molar-refractivity contribution is 6.08. The summed E-state index contributed by atoms with van der Waals surface area (Å²) in [6, 6.07) is 3.73. The van der Waals surface area contributed by atoms with Crippen molar-refractivity contribution in [1.29, 1.82) is 0 Å². The van der Waals surface area contributed by atoms with E-state index in [-0.39, 0.29) is 12.4 Å². The summed E-state index contributed by atoms with van der Waals surface area (Å²) in [5.41, 5.74) is 1.91. The molecule has 0 saturated heterocycles. The fourth-order valence-electron chi connectivity index (χ4n) is 1.88. The fraction of sp³-hybridized carbons (Fsp3) is 0.500. The lowest BCUT2D eigenvalue weighted by molar-refractivity contribution is 0.372. The largest absolute Gasteiger partial charge is 0.496 e. The van der Waals surface area contributed by atoms with Crippen molar-refractivity contribution in [3.05, 3.63) is 17.7 Å². The summed E-state index contributed by atoms with van der Waals surface area (Å²) in [6.07, 6.45) is 0. The van der Waals surface area contributed by atoms with E-state index < -0.39 is 0 Å². The van der Waals surface area contributed by atoms with E-state index in [1.165, 1.54) is 0 Å². The number of halogens is 1. The van der Waals surface area contributed by atoms with Crippen LogP contribution in [0.2, 0.25) is 0 Å². The Bertz CT molecular complexity index is 472. The molecule has 0 unspecified atom stereocenters. The van der Waals surface area contributed by atoms with Gasteiger partial charge in [0.1, 0.15) is 23.9 Å². The Morgan fingerprint density at radius 2 is 2.00 bits per heavy atom. The number of fused-ring (bicyclic) bond motifs is 1. The van der Waals surface area contributed by atoms with Gasteiger partial charge < -0.3 is 14.2 Å². The van der Waals surface area contributed by atoms with E-state index in [9.17, 15) is 0 Å². The Labute approximate surface area is 120 Å². The van der Waals surface area contributed by atoms with Crippen LogP contribution in [0, 0.1) is 5.92 Å². The minimum Gasteiger partial charge on any atom is -0.496 e. The Morgan fingerprint density at radius 1 is 1.26 bits per heavy atom. The standard InChI is InChI=1S/C14H19NO3.ClH/c1-9(2)7-15-11-8-18-13-6-10(16-3)5-12(17-4)14(11)13;/h5-6,9H,7-8H2,1-4H3;1H. The van der Waals surface area contributed by atoms with Gasteiger partial charge in [0.25, 0.3) is 0 Å². The van der Waals surface area contributed by atoms with Gasteiger partial charge in [0, 0.05) is 18.7 Å². The molecule has 0 N–H and O–H groups in total. The van der Waals surface area contributed by atoms with E-state index in [1.807, 2.05) is 12.1 Å². The molecule has 1 aliphatic heterocycles. The first kappa shape index (κ1) is 15.6. The lowest BCUT2D eigenvalue weighted by atomic mass is 10.1. The molecule has 106 valence electrons. The molecule has 0 aliphatic carbocycles. The van der Waals surface area contributed by atoms with Crippen LogP contribution in [0.3, 0.4) is 0 Å². The van der Waals surface area contributed by atoms with E-state index in [1.54, 1.807) is 14.2 Å². The molecule has 1 aromatic carbocycles. The van der Waals surface area contributed by atoms with E-state index >= 15 is 0 Å². The number of hydrogen-bond donors (Lipinski definition) is 0. The quantitative estimate of drug-likeness (QED) is 0.854. The molecule has 0 radical (unpaired) electrons. The van der Waals surface area contributed by atoms with Gasteiger partial charge in [-0.15, -0.1) is 12.4 Å². The van der Waals surface area contributed by atoms with Crippen molar-refractivity contribution >= 4 is 18.1 Å². The molecule has 0 amide bonds. The average Bonchev–Trinajstić information content (AvgIpc) is 2.78. The van der Waals surface area contributed by atoms with E-state index in [4.69, 9.17) is 14.2 Å². The van der Waals surface area contributed by atoms with Gasteiger partial charge in [0.15, 0.2) is 0 Å². The van der Waals surface area contributed by atoms with Crippen LogP contribution >= 0.6 is 12.4 Å². The average molecular weight is 286 g/mol. The Kier molecular flexibility index (Phi) is 5.48. The fourth-order valence-corrected chi connectivity index (χ4v) is 1.88. The van der Waals surface area contributed by atoms with Gasteiger partial charge in [-0.05, 0) is 5.92 Å². The van der Waals surface area contributed by atoms with Crippen LogP contribution in [0.25, 0.3) is 0 Å². The van der Waals surface area contributed by atoms with Gasteiger partial charge in [-0.25, -0.2) is 0 Å². The molecular formula is C14H20ClNO3. The Morgan fingerprint density at radius 3 is 2.58 bits per heavy atom. The molecule has 1 aromatic rings. The molecular weight excluding hydrogens is 266 g/mol. The van der Waals surface area contributed by atoms with Gasteiger partial charge in [-0.3, -0.25) is 4.99 Å². The third-order valence-corrected chi connectivity index (χ3v) is 2.80. The molecule has 0 spiro atoms. The summed E-state index contributed by atoms with van der Waals surface area (Å²) in [5, 5.41) is 0. The molecule has 0 fully saturated rings. The number of rotatable bonds is 4. The van der Waals surface area contributed by atoms with Crippen LogP contribution in [-0.4, -0.2) is 33.1 Å². The van der Waals surface area contributed by atoms with Crippen LogP contribution in [0.1, 0.15) is 19.4 Å². The van der Waals surface area contributed by atoms with Gasteiger partial charge in [-0.2, -0.15) is 0 Å². The van der Waals surface area contributed by atoms with Gasteiger partial charge in [0.2, 0.25) is 0 Å². The van der Waals surface area contributed by atoms with Crippen LogP contribution in [0.15, 0.2) is 17.1 Å². The maximum Gasteiger partial charge on any atom is 0.136 e. The molecule has 0 saturated carbocycles. The second kappa shape index (κ2) is 6.66. The smallest absolute Gasteiger partial charge is 0.136 e. The van der Waals surface area contributed by atoms with Crippen molar-refractivity contribution < 1.29 is 14.2 Å². The summed E-state index contributed by atoms with van der Waals surface area (Å²) in [5.74, 6) is 2.81. The molecule has 19 heavy (non-hydrogen) atoms. The Hall–Kier alpha value is -1.42. The molecule has 0 aromatic heterocycles. The topological polar surface area (TPSA) is 40.0 Å². The summed E-state index contributed by atoms with van der Waals surface area (Å²) >= 11 is 0. The lowest BCUT2D eigenvalue weighted by Crippen LogP contribution is -2.06. The third kappa shape index (κ3) is 3.32. The maximum absolute atomic E-state index is 5.64. The van der Waals surface area contributed by atoms with Crippen molar-refractivity contribution in [2.24, 2.45) is 10.9 Å². The van der Waals surface area contributed by atoms with E-state index in [0.29, 0.717) is 12.5 Å². The maximum atomic E-state index is 5.64. The van der Waals surface area contributed by atoms with Gasteiger partial charge in [-0.1, -0.05) is 13.8 Å². The number of nitrogens with zero attached hydrogens (tertiary/aromatic N) is 1. The molecule has 5 heteroatoms. The van der Waals surface area contributed by atoms with Gasteiger partial charge >= 0.3 is 0 Å². The zero-order valence-electron chi connectivity index (χ0n) is 11.7. The minimum absolute atomic E-state index is 0. The third-order valence-electron chi connectivity index (χ3n) is 2.80. The van der Waals surface area contributed by atoms with Crippen molar-refractivity contribution in [1.82, 2.24) is 0 Å². The summed E-state index contributed by atoms with van der Waals surface area (Å²) in [4.78, 5) is 4.60. The zero-order valence-corrected chi connectivity index (χ0v) is 12.5. The van der Waals surface area contributed by atoms with Gasteiger partial charge in [0.05, 0.1) is 25.5 Å². The number of benzene rings is 1. The number of hydrogen-bond acceptors (Lipinski definition) is 4.